The van der Waals surface area contributed by atoms with E-state index in [-0.39, 0.29) is 5.56 Å². The molecule has 2 heterocycles. The number of hydrogen-bond acceptors (Lipinski definition) is 2. The second-order valence-electron chi connectivity index (χ2n) is 3.62. The summed E-state index contributed by atoms with van der Waals surface area (Å²) in [5.41, 5.74) is 0.837. The molecule has 0 atom stereocenters. The summed E-state index contributed by atoms with van der Waals surface area (Å²) in [4.78, 5) is 13.6. The molecule has 1 aliphatic heterocycles. The topological polar surface area (TPSA) is 44.9 Å². The Hall–Kier alpha value is -2.29. The first-order chi connectivity index (χ1) is 8.36. The van der Waals surface area contributed by atoms with Gasteiger partial charge >= 0.3 is 0 Å². The van der Waals surface area contributed by atoms with Gasteiger partial charge in [0.25, 0.3) is 0 Å². The van der Waals surface area contributed by atoms with E-state index in [1.165, 1.54) is 6.07 Å². The average molecular weight is 226 g/mol. The van der Waals surface area contributed by atoms with Crippen LogP contribution in [0.3, 0.4) is 0 Å². The molecule has 86 valence electrons. The molecular weight excluding hydrogens is 212 g/mol. The Morgan fingerprint density at radius 1 is 0.941 bits per heavy atom. The minimum absolute atomic E-state index is 0.0521. The lowest BCUT2D eigenvalue weighted by atomic mass is 10.2. The van der Waals surface area contributed by atoms with Gasteiger partial charge in [-0.1, -0.05) is 30.4 Å². The third-order valence-corrected chi connectivity index (χ3v) is 2.33. The van der Waals surface area contributed by atoms with Gasteiger partial charge in [-0.05, 0) is 36.3 Å². The summed E-state index contributed by atoms with van der Waals surface area (Å²) in [6.45, 7) is 0. The summed E-state index contributed by atoms with van der Waals surface area (Å²) in [6, 6.07) is 11.0. The number of benzene rings is 1. The van der Waals surface area contributed by atoms with Crippen LogP contribution in [0.15, 0.2) is 65.7 Å². The summed E-state index contributed by atoms with van der Waals surface area (Å²) in [6.07, 6.45) is 9.08. The van der Waals surface area contributed by atoms with Crippen LogP contribution < -0.4 is 10.9 Å². The van der Waals surface area contributed by atoms with Crippen molar-refractivity contribution in [3.63, 3.8) is 0 Å². The third-order valence-electron chi connectivity index (χ3n) is 2.33. The van der Waals surface area contributed by atoms with Gasteiger partial charge in [0, 0.05) is 11.6 Å². The molecule has 0 unspecified atom stereocenters. The molecule has 0 bridgehead atoms. The van der Waals surface area contributed by atoms with Gasteiger partial charge in [0.05, 0.1) is 0 Å². The molecule has 0 aliphatic carbocycles. The minimum atomic E-state index is -0.0521. The van der Waals surface area contributed by atoms with Gasteiger partial charge < -0.3 is 10.3 Å². The van der Waals surface area contributed by atoms with Crippen LogP contribution in [0.25, 0.3) is 10.9 Å². The van der Waals surface area contributed by atoms with Crippen molar-refractivity contribution in [2.45, 2.75) is 6.42 Å². The maximum Gasteiger partial charge on any atom is 0.248 e. The highest BCUT2D eigenvalue weighted by Gasteiger charge is 1.89. The van der Waals surface area contributed by atoms with Gasteiger partial charge in [-0.25, -0.2) is 0 Å². The normalized spacial score (nSPS) is 12.7. The van der Waals surface area contributed by atoms with Crippen LogP contribution >= 0.6 is 0 Å². The maximum atomic E-state index is 10.8. The fourth-order valence-electron chi connectivity index (χ4n) is 1.50. The van der Waals surface area contributed by atoms with Crippen molar-refractivity contribution in [2.24, 2.45) is 0 Å². The van der Waals surface area contributed by atoms with Crippen LogP contribution in [0.5, 0.6) is 0 Å². The number of rotatable bonds is 0. The monoisotopic (exact) mass is 226 g/mol. The number of pyridine rings is 1. The van der Waals surface area contributed by atoms with Crippen LogP contribution in [0.1, 0.15) is 6.42 Å². The molecule has 2 N–H and O–H groups in total. The van der Waals surface area contributed by atoms with Gasteiger partial charge in [-0.3, -0.25) is 4.79 Å². The zero-order chi connectivity index (χ0) is 11.9. The standard InChI is InChI=1S/C9H7NO.C5H7N/c11-9-6-5-7-3-1-2-4-8(7)10-9;1-2-4-6-5-3-1/h1-6H,(H,10,11);2-6H,1H2. The van der Waals surface area contributed by atoms with Crippen molar-refractivity contribution >= 4 is 10.9 Å². The number of hydrogen-bond donors (Lipinski definition) is 2. The number of fused-ring (bicyclic) bond motifs is 1. The van der Waals surface area contributed by atoms with Crippen LogP contribution in [-0.4, -0.2) is 4.98 Å². The van der Waals surface area contributed by atoms with Crippen molar-refractivity contribution in [1.29, 1.82) is 0 Å². The summed E-state index contributed by atoms with van der Waals surface area (Å²) in [5, 5.41) is 3.99. The van der Waals surface area contributed by atoms with Gasteiger partial charge in [-0.15, -0.1) is 0 Å². The van der Waals surface area contributed by atoms with E-state index in [1.807, 2.05) is 42.7 Å². The lowest BCUT2D eigenvalue weighted by Crippen LogP contribution is -2.01. The molecular formula is C14H14N2O. The molecule has 3 rings (SSSR count). The molecule has 2 aromatic rings. The quantitative estimate of drug-likeness (QED) is 0.725. The molecule has 0 amide bonds. The van der Waals surface area contributed by atoms with Crippen LogP contribution in [0.4, 0.5) is 0 Å². The van der Waals surface area contributed by atoms with Crippen LogP contribution in [-0.2, 0) is 0 Å². The number of allylic oxidation sites excluding steroid dienone is 2. The van der Waals surface area contributed by atoms with Crippen molar-refractivity contribution in [3.8, 4) is 0 Å². The fraction of sp³-hybridized carbons (Fsp3) is 0.0714. The van der Waals surface area contributed by atoms with E-state index in [1.54, 1.807) is 0 Å². The highest BCUT2D eigenvalue weighted by Crippen LogP contribution is 2.06. The third kappa shape index (κ3) is 3.34. The van der Waals surface area contributed by atoms with Gasteiger partial charge in [0.2, 0.25) is 5.56 Å². The first-order valence-electron chi connectivity index (χ1n) is 5.50. The first-order valence-corrected chi connectivity index (χ1v) is 5.50. The summed E-state index contributed by atoms with van der Waals surface area (Å²) in [5.74, 6) is 0. The van der Waals surface area contributed by atoms with E-state index < -0.39 is 0 Å². The molecule has 1 aromatic carbocycles. The van der Waals surface area contributed by atoms with Gasteiger partial charge in [0.15, 0.2) is 0 Å². The van der Waals surface area contributed by atoms with Crippen molar-refractivity contribution in [1.82, 2.24) is 10.3 Å². The number of para-hydroxylation sites is 1. The molecule has 1 aliphatic rings. The smallest absolute Gasteiger partial charge is 0.248 e. The number of nitrogens with one attached hydrogen (secondary N) is 2. The second kappa shape index (κ2) is 5.70. The second-order valence-corrected chi connectivity index (χ2v) is 3.62. The van der Waals surface area contributed by atoms with Gasteiger partial charge in [-0.2, -0.15) is 0 Å². The zero-order valence-corrected chi connectivity index (χ0v) is 9.39. The predicted molar refractivity (Wildman–Crippen MR) is 70.6 cm³/mol. The largest absolute Gasteiger partial charge is 0.368 e. The van der Waals surface area contributed by atoms with E-state index in [0.29, 0.717) is 0 Å². The van der Waals surface area contributed by atoms with Crippen LogP contribution in [0, 0.1) is 0 Å². The molecule has 17 heavy (non-hydrogen) atoms. The molecule has 1 aromatic heterocycles. The molecule has 3 heteroatoms. The molecule has 0 saturated carbocycles. The van der Waals surface area contributed by atoms with Crippen molar-refractivity contribution in [3.05, 3.63) is 71.3 Å². The average Bonchev–Trinajstić information content (AvgIpc) is 2.41. The molecule has 0 spiro atoms. The Morgan fingerprint density at radius 3 is 2.35 bits per heavy atom. The predicted octanol–water partition coefficient (Wildman–Crippen LogP) is 2.54. The van der Waals surface area contributed by atoms with Crippen LogP contribution in [0.2, 0.25) is 0 Å². The summed E-state index contributed by atoms with van der Waals surface area (Å²) in [7, 11) is 0. The van der Waals surface area contributed by atoms with E-state index in [9.17, 15) is 4.79 Å². The number of aromatic amines is 1. The van der Waals surface area contributed by atoms with E-state index in [2.05, 4.69) is 22.5 Å². The zero-order valence-electron chi connectivity index (χ0n) is 9.39. The minimum Gasteiger partial charge on any atom is -0.368 e. The Kier molecular flexibility index (Phi) is 3.76. The summed E-state index contributed by atoms with van der Waals surface area (Å²) >= 11 is 0. The molecule has 0 radical (unpaired) electrons. The van der Waals surface area contributed by atoms with E-state index in [4.69, 9.17) is 0 Å². The number of aromatic nitrogens is 1. The number of H-pyrrole nitrogens is 1. The number of dihydropyridines is 1. The molecule has 0 saturated heterocycles. The highest BCUT2D eigenvalue weighted by molar-refractivity contribution is 5.77. The molecule has 0 fully saturated rings. The van der Waals surface area contributed by atoms with Gasteiger partial charge in [0.1, 0.15) is 0 Å². The van der Waals surface area contributed by atoms with Crippen molar-refractivity contribution < 1.29 is 0 Å². The first kappa shape index (κ1) is 11.2. The summed E-state index contributed by atoms with van der Waals surface area (Å²) < 4.78 is 0. The Labute approximate surface area is 99.5 Å². The van der Waals surface area contributed by atoms with E-state index >= 15 is 0 Å². The lowest BCUT2D eigenvalue weighted by molar-refractivity contribution is 1.11. The SMILES string of the molecule is C1=CNC=CC1.O=c1ccc2ccccc2[nH]1. The Bertz CT molecular complexity index is 576. The Morgan fingerprint density at radius 2 is 1.71 bits per heavy atom. The Balaban J connectivity index is 0.000000153. The van der Waals surface area contributed by atoms with E-state index in [0.717, 1.165) is 17.3 Å². The van der Waals surface area contributed by atoms with Crippen molar-refractivity contribution in [2.75, 3.05) is 0 Å². The molecule has 3 nitrogen and oxygen atoms in total. The maximum absolute atomic E-state index is 10.8. The lowest BCUT2D eigenvalue weighted by Gasteiger charge is -1.93. The fourth-order valence-corrected chi connectivity index (χ4v) is 1.50. The highest BCUT2D eigenvalue weighted by atomic mass is 16.1.